The highest BCUT2D eigenvalue weighted by molar-refractivity contribution is 7.24. The maximum Gasteiger partial charge on any atom is 0.151 e. The second-order valence-corrected chi connectivity index (χ2v) is 41.8. The van der Waals surface area contributed by atoms with Crippen molar-refractivity contribution >= 4 is 169 Å². The van der Waals surface area contributed by atoms with Gasteiger partial charge in [0.05, 0.1) is 32.3 Å². The first kappa shape index (κ1) is 94.6. The van der Waals surface area contributed by atoms with E-state index in [9.17, 15) is 0 Å². The predicted octanol–water partition coefficient (Wildman–Crippen LogP) is 36.5. The van der Waals surface area contributed by atoms with Crippen molar-refractivity contribution in [2.24, 2.45) is 0 Å². The summed E-state index contributed by atoms with van der Waals surface area (Å²) >= 11 is 1.86. The Balaban J connectivity index is 0.000000121. The summed E-state index contributed by atoms with van der Waals surface area (Å²) in [5.41, 5.74) is 18.8. The molecule has 136 heavy (non-hydrogen) atoms. The quantitative estimate of drug-likeness (QED) is 0.176. The van der Waals surface area contributed by atoms with E-state index in [1.165, 1.54) is 135 Å². The van der Waals surface area contributed by atoms with Gasteiger partial charge in [-0.1, -0.05) is 303 Å². The van der Waals surface area contributed by atoms with Crippen LogP contribution in [0.25, 0.3) is 146 Å². The molecule has 0 bridgehead atoms. The molecule has 4 heterocycles. The molecule has 21 rings (SSSR count). The molecule has 0 saturated heterocycles. The molecule has 0 aliphatic carbocycles. The summed E-state index contributed by atoms with van der Waals surface area (Å²) in [7, 11) is 2.12. The Morgan fingerprint density at radius 2 is 0.441 bits per heavy atom. The van der Waals surface area contributed by atoms with Crippen LogP contribution in [0.3, 0.4) is 0 Å². The van der Waals surface area contributed by atoms with Crippen LogP contribution in [0.1, 0.15) is 125 Å². The number of aromatic nitrogens is 5. The zero-order valence-electron chi connectivity index (χ0n) is 82.5. The average Bonchev–Trinajstić information content (AvgIpc) is 1.15. The van der Waals surface area contributed by atoms with E-state index in [2.05, 4.69) is 571 Å². The van der Waals surface area contributed by atoms with Crippen molar-refractivity contribution in [1.82, 2.24) is 22.8 Å². The average molecular weight is 1800 g/mol. The number of para-hydroxylation sites is 16. The van der Waals surface area contributed by atoms with Crippen molar-refractivity contribution in [2.75, 3.05) is 16.8 Å². The summed E-state index contributed by atoms with van der Waals surface area (Å²) in [6.07, 6.45) is 0. The van der Waals surface area contributed by atoms with Crippen LogP contribution in [-0.2, 0) is 22.2 Å². The lowest BCUT2D eigenvalue weighted by Crippen LogP contribution is -2.37. The van der Waals surface area contributed by atoms with Gasteiger partial charge in [0, 0.05) is 138 Å². The van der Waals surface area contributed by atoms with Crippen LogP contribution in [0, 0.1) is 0 Å². The number of nitrogens with zero attached hydrogens (tertiary/aromatic N) is 7. The van der Waals surface area contributed by atoms with Gasteiger partial charge in [-0.2, -0.15) is 0 Å². The third-order valence-corrected chi connectivity index (χ3v) is 25.9. The van der Waals surface area contributed by atoms with E-state index < -0.39 is 0 Å². The zero-order valence-corrected chi connectivity index (χ0v) is 83.3. The van der Waals surface area contributed by atoms with Gasteiger partial charge in [-0.15, -0.1) is 11.3 Å². The molecule has 0 spiro atoms. The standard InChI is InChI=1S/C28H26N2.C28H25N.C22H21NO.C22H21NS.C16H19N.C11H17N/c1-28(2,3)30-25-18-10-8-16-23(25)22-15-7-9-17-24(22)29(21-13-5-4-6-14-21)26-19-11-12-20-27(26)30;1-28(2,3)29-26-18-10-8-16-24(26)22-14-6-4-12-20(22)21-13-5-7-15-23(21)25-17-9-11-19-27(25)29;2*1-22(2,3)23-18-12-6-4-10-16(18)17-11-5-8-14-20(17)24-21-15-9-7-13-19(21)23;1-16(2,3)17(14-10-6-4-7-11-14)15-12-8-5-9-13-15;1-11(2,3)12(4)10-8-6-5-7-9-10/h4-20H,1-3H3;4-19H,1-3H3;2*4-15H,1-3H3;4-13H,1-3H3;5-9H,1-4H3. The van der Waals surface area contributed by atoms with Gasteiger partial charge in [0.1, 0.15) is 5.58 Å². The maximum atomic E-state index is 6.32. The van der Waals surface area contributed by atoms with E-state index in [1.807, 2.05) is 41.7 Å². The van der Waals surface area contributed by atoms with E-state index >= 15 is 0 Å². The van der Waals surface area contributed by atoms with Crippen LogP contribution in [0.5, 0.6) is 0 Å². The lowest BCUT2D eigenvalue weighted by molar-refractivity contribution is 0.420. The van der Waals surface area contributed by atoms with Crippen molar-refractivity contribution in [1.29, 1.82) is 0 Å². The van der Waals surface area contributed by atoms with Gasteiger partial charge in [0.15, 0.2) is 5.58 Å². The fraction of sp³-hybridized carbons (Fsp3) is 0.197. The molecular formula is C127H129N7OS. The second kappa shape index (κ2) is 40.3. The molecule has 0 N–H and O–H groups in total. The first-order valence-electron chi connectivity index (χ1n) is 47.6. The van der Waals surface area contributed by atoms with Crippen molar-refractivity contribution in [3.63, 3.8) is 0 Å². The molecule has 0 radical (unpaired) electrons. The molecule has 0 unspecified atom stereocenters. The molecule has 21 aromatic rings. The third-order valence-electron chi connectivity index (χ3n) is 24.8. The molecule has 4 aromatic heterocycles. The number of hydrogen-bond donors (Lipinski definition) is 0. The SMILES string of the molecule is CC(C)(C)N(c1ccccc1)c1ccccc1.CC(C)(C)n1c2ccccc2c2ccccc2c2ccccc2c2ccccc21.CC(C)(C)n1c2ccccc2c2ccccc2n(-c2ccccc2)c2ccccc21.CC(C)(C)n1c2ccccc2oc2ccccc2c2ccccc21.CC(C)(C)n1c2ccccc2sc2ccccc2c2ccccc21.CN(c1ccccc1)C(C)(C)C. The monoisotopic (exact) mass is 1800 g/mol. The Kier molecular flexibility index (Phi) is 28.0. The van der Waals surface area contributed by atoms with Crippen LogP contribution in [0.15, 0.2) is 441 Å². The molecule has 684 valence electrons. The smallest absolute Gasteiger partial charge is 0.151 e. The summed E-state index contributed by atoms with van der Waals surface area (Å²) in [5.74, 6) is 0. The van der Waals surface area contributed by atoms with Gasteiger partial charge in [-0.3, -0.25) is 0 Å². The van der Waals surface area contributed by atoms with Crippen molar-refractivity contribution < 1.29 is 4.42 Å². The fourth-order valence-electron chi connectivity index (χ4n) is 18.9. The summed E-state index contributed by atoms with van der Waals surface area (Å²) < 4.78 is 21.1. The molecule has 8 nitrogen and oxygen atoms in total. The van der Waals surface area contributed by atoms with Gasteiger partial charge in [-0.05, 0) is 280 Å². The van der Waals surface area contributed by atoms with Gasteiger partial charge < -0.3 is 37.1 Å². The Morgan fingerprint density at radius 3 is 0.846 bits per heavy atom. The summed E-state index contributed by atoms with van der Waals surface area (Å²) in [6.45, 7) is 40.5. The molecule has 0 aliphatic rings. The molecule has 9 heteroatoms. The van der Waals surface area contributed by atoms with Crippen LogP contribution in [0.2, 0.25) is 0 Å². The first-order valence-corrected chi connectivity index (χ1v) is 48.5. The van der Waals surface area contributed by atoms with Crippen LogP contribution < -0.4 is 9.80 Å². The minimum Gasteiger partial charge on any atom is -0.455 e. The summed E-state index contributed by atoms with van der Waals surface area (Å²) in [5, 5.41) is 15.0. The highest BCUT2D eigenvalue weighted by Gasteiger charge is 2.26. The van der Waals surface area contributed by atoms with E-state index in [-0.39, 0.29) is 33.2 Å². The minimum absolute atomic E-state index is 0.0148. The minimum atomic E-state index is -0.0964. The maximum absolute atomic E-state index is 6.32. The van der Waals surface area contributed by atoms with Crippen LogP contribution in [0.4, 0.5) is 17.1 Å². The Morgan fingerprint density at radius 1 is 0.191 bits per heavy atom. The van der Waals surface area contributed by atoms with E-state index in [4.69, 9.17) is 4.42 Å². The molecular weight excluding hydrogens is 1670 g/mol. The number of anilines is 3. The van der Waals surface area contributed by atoms with Crippen molar-refractivity contribution in [3.8, 4) is 5.69 Å². The highest BCUT2D eigenvalue weighted by atomic mass is 32.1. The van der Waals surface area contributed by atoms with Gasteiger partial charge in [-0.25, -0.2) is 0 Å². The Labute approximate surface area is 807 Å². The Bertz CT molecular complexity index is 7730. The molecule has 0 fully saturated rings. The zero-order chi connectivity index (χ0) is 95.7. The third kappa shape index (κ3) is 20.7. The fourth-order valence-corrected chi connectivity index (χ4v) is 20.0. The highest BCUT2D eigenvalue weighted by Crippen LogP contribution is 2.41. The van der Waals surface area contributed by atoms with E-state index in [1.54, 1.807) is 0 Å². The lowest BCUT2D eigenvalue weighted by Gasteiger charge is -2.37. The molecule has 0 atom stereocenters. The number of hydrogen-bond acceptors (Lipinski definition) is 4. The number of rotatable bonds is 4. The molecule has 0 aliphatic heterocycles. The van der Waals surface area contributed by atoms with Gasteiger partial charge >= 0.3 is 0 Å². The van der Waals surface area contributed by atoms with Crippen molar-refractivity contribution in [2.45, 2.75) is 158 Å². The van der Waals surface area contributed by atoms with E-state index in [0.29, 0.717) is 0 Å². The Hall–Kier alpha value is -14.6. The number of benzene rings is 17. The molecule has 0 saturated carbocycles. The topological polar surface area (TPSA) is 44.3 Å². The van der Waals surface area contributed by atoms with Crippen LogP contribution in [-0.4, -0.2) is 41.0 Å². The summed E-state index contributed by atoms with van der Waals surface area (Å²) in [4.78, 5) is 4.62. The molecule has 17 aromatic carbocycles. The normalized spacial score (nSPS) is 11.8. The lowest BCUT2D eigenvalue weighted by atomic mass is 10.0. The number of fused-ring (bicyclic) bond motifs is 19. The predicted molar refractivity (Wildman–Crippen MR) is 595 cm³/mol. The largest absolute Gasteiger partial charge is 0.455 e. The first-order chi connectivity index (χ1) is 65.3. The molecule has 0 amide bonds. The second-order valence-electron chi connectivity index (χ2n) is 40.8. The van der Waals surface area contributed by atoms with Crippen molar-refractivity contribution in [3.05, 3.63) is 437 Å². The van der Waals surface area contributed by atoms with E-state index in [0.717, 1.165) is 27.8 Å². The van der Waals surface area contributed by atoms with Gasteiger partial charge in [0.25, 0.3) is 0 Å². The van der Waals surface area contributed by atoms with Crippen LogP contribution >= 0.6 is 11.3 Å². The van der Waals surface area contributed by atoms with Gasteiger partial charge in [0.2, 0.25) is 0 Å². The summed E-state index contributed by atoms with van der Waals surface area (Å²) in [6, 6.07) is 155.